The molecule has 0 fully saturated rings. The molecule has 1 rings (SSSR count). The summed E-state index contributed by atoms with van der Waals surface area (Å²) in [5.41, 5.74) is 0.721. The molecule has 1 amide bonds. The van der Waals surface area contributed by atoms with Crippen molar-refractivity contribution in [3.63, 3.8) is 0 Å². The van der Waals surface area contributed by atoms with Crippen LogP contribution in [-0.2, 0) is 11.2 Å². The van der Waals surface area contributed by atoms with Gasteiger partial charge in [0.15, 0.2) is 0 Å². The summed E-state index contributed by atoms with van der Waals surface area (Å²) in [6.45, 7) is 4.00. The lowest BCUT2D eigenvalue weighted by molar-refractivity contribution is -0.137. The van der Waals surface area contributed by atoms with E-state index in [2.05, 4.69) is 4.98 Å². The van der Waals surface area contributed by atoms with Crippen molar-refractivity contribution >= 4 is 23.2 Å². The van der Waals surface area contributed by atoms with Gasteiger partial charge in [-0.3, -0.25) is 9.59 Å². The average molecular weight is 256 g/mol. The molecule has 0 aromatic carbocycles. The number of aryl methyl sites for hydroxylation is 2. The minimum absolute atomic E-state index is 0.0409. The highest BCUT2D eigenvalue weighted by atomic mass is 32.1. The highest BCUT2D eigenvalue weighted by molar-refractivity contribution is 7.13. The highest BCUT2D eigenvalue weighted by Gasteiger charge is 2.18. The first-order valence-electron chi connectivity index (χ1n) is 5.39. The number of carboxylic acid groups (broad SMARTS) is 1. The zero-order valence-corrected chi connectivity index (χ0v) is 11.0. The van der Waals surface area contributed by atoms with Crippen molar-refractivity contribution in [3.8, 4) is 0 Å². The standard InChI is InChI=1S/C11H16N2O3S/c1-4-8-12-7(2)10(17-8)11(16)13(3)6-5-9(14)15/h4-6H2,1-3H3,(H,14,15). The molecule has 94 valence electrons. The Kier molecular flexibility index (Phi) is 4.62. The molecule has 0 aliphatic heterocycles. The first kappa shape index (κ1) is 13.6. The third kappa shape index (κ3) is 3.52. The van der Waals surface area contributed by atoms with Gasteiger partial charge in [-0.25, -0.2) is 4.98 Å². The van der Waals surface area contributed by atoms with Gasteiger partial charge in [-0.05, 0) is 13.3 Å². The molecule has 0 saturated heterocycles. The smallest absolute Gasteiger partial charge is 0.305 e. The van der Waals surface area contributed by atoms with Gasteiger partial charge in [0, 0.05) is 13.6 Å². The number of carbonyl (C=O) groups excluding carboxylic acids is 1. The number of carboxylic acids is 1. The summed E-state index contributed by atoms with van der Waals surface area (Å²) in [7, 11) is 1.61. The van der Waals surface area contributed by atoms with Crippen LogP contribution in [0.5, 0.6) is 0 Å². The molecule has 1 aromatic rings. The first-order chi connectivity index (χ1) is 7.95. The number of carbonyl (C=O) groups is 2. The van der Waals surface area contributed by atoms with Gasteiger partial charge in [0.25, 0.3) is 5.91 Å². The van der Waals surface area contributed by atoms with E-state index in [1.807, 2.05) is 6.92 Å². The number of amides is 1. The number of thiazole rings is 1. The van der Waals surface area contributed by atoms with E-state index in [-0.39, 0.29) is 18.9 Å². The zero-order valence-electron chi connectivity index (χ0n) is 10.2. The fraction of sp³-hybridized carbons (Fsp3) is 0.545. The van der Waals surface area contributed by atoms with E-state index < -0.39 is 5.97 Å². The SMILES string of the molecule is CCc1nc(C)c(C(=O)N(C)CCC(=O)O)s1. The summed E-state index contributed by atoms with van der Waals surface area (Å²) in [5.74, 6) is -1.05. The van der Waals surface area contributed by atoms with E-state index in [1.165, 1.54) is 16.2 Å². The van der Waals surface area contributed by atoms with Gasteiger partial charge in [-0.15, -0.1) is 11.3 Å². The number of hydrogen-bond donors (Lipinski definition) is 1. The van der Waals surface area contributed by atoms with Crippen LogP contribution in [0.15, 0.2) is 0 Å². The lowest BCUT2D eigenvalue weighted by Crippen LogP contribution is -2.28. The van der Waals surface area contributed by atoms with Gasteiger partial charge >= 0.3 is 5.97 Å². The molecule has 5 nitrogen and oxygen atoms in total. The normalized spacial score (nSPS) is 10.3. The maximum absolute atomic E-state index is 12.0. The Balaban J connectivity index is 2.74. The zero-order chi connectivity index (χ0) is 13.0. The molecule has 0 spiro atoms. The van der Waals surface area contributed by atoms with Crippen molar-refractivity contribution in [1.29, 1.82) is 0 Å². The summed E-state index contributed by atoms with van der Waals surface area (Å²) in [4.78, 5) is 28.8. The topological polar surface area (TPSA) is 70.5 Å². The molecule has 0 aliphatic carbocycles. The molecule has 0 unspecified atom stereocenters. The molecular formula is C11H16N2O3S. The molecule has 1 N–H and O–H groups in total. The van der Waals surface area contributed by atoms with Crippen LogP contribution in [0.3, 0.4) is 0 Å². The molecular weight excluding hydrogens is 240 g/mol. The maximum atomic E-state index is 12.0. The fourth-order valence-electron chi connectivity index (χ4n) is 1.34. The van der Waals surface area contributed by atoms with E-state index in [4.69, 9.17) is 5.11 Å². The van der Waals surface area contributed by atoms with Crippen molar-refractivity contribution in [2.75, 3.05) is 13.6 Å². The van der Waals surface area contributed by atoms with E-state index >= 15 is 0 Å². The van der Waals surface area contributed by atoms with E-state index in [9.17, 15) is 9.59 Å². The average Bonchev–Trinajstić information content (AvgIpc) is 2.66. The van der Waals surface area contributed by atoms with Gasteiger partial charge in [-0.2, -0.15) is 0 Å². The van der Waals surface area contributed by atoms with Crippen molar-refractivity contribution in [2.24, 2.45) is 0 Å². The van der Waals surface area contributed by atoms with E-state index in [0.717, 1.165) is 17.1 Å². The van der Waals surface area contributed by atoms with Crippen LogP contribution in [-0.4, -0.2) is 40.5 Å². The quantitative estimate of drug-likeness (QED) is 0.868. The van der Waals surface area contributed by atoms with Crippen LogP contribution in [0.4, 0.5) is 0 Å². The lowest BCUT2D eigenvalue weighted by atomic mass is 10.3. The Labute approximate surface area is 104 Å². The Bertz CT molecular complexity index is 428. The van der Waals surface area contributed by atoms with Crippen LogP contribution in [0.1, 0.15) is 33.7 Å². The van der Waals surface area contributed by atoms with E-state index in [1.54, 1.807) is 14.0 Å². The number of aliphatic carboxylic acids is 1. The molecule has 6 heteroatoms. The molecule has 1 aromatic heterocycles. The second-order valence-corrected chi connectivity index (χ2v) is 4.83. The number of hydrogen-bond acceptors (Lipinski definition) is 4. The highest BCUT2D eigenvalue weighted by Crippen LogP contribution is 2.20. The second-order valence-electron chi connectivity index (χ2n) is 3.75. The van der Waals surface area contributed by atoms with Crippen molar-refractivity contribution in [1.82, 2.24) is 9.88 Å². The van der Waals surface area contributed by atoms with Gasteiger partial charge in [0.05, 0.1) is 17.1 Å². The Morgan fingerprint density at radius 1 is 1.47 bits per heavy atom. The predicted octanol–water partition coefficient (Wildman–Crippen LogP) is 1.56. The minimum Gasteiger partial charge on any atom is -0.481 e. The number of nitrogens with zero attached hydrogens (tertiary/aromatic N) is 2. The molecule has 0 atom stereocenters. The molecule has 0 aliphatic rings. The summed E-state index contributed by atoms with van der Waals surface area (Å²) in [5, 5.41) is 9.49. The molecule has 1 heterocycles. The van der Waals surface area contributed by atoms with Gasteiger partial charge < -0.3 is 10.0 Å². The van der Waals surface area contributed by atoms with E-state index in [0.29, 0.717) is 4.88 Å². The largest absolute Gasteiger partial charge is 0.481 e. The Hall–Kier alpha value is -1.43. The molecule has 0 radical (unpaired) electrons. The minimum atomic E-state index is -0.903. The Morgan fingerprint density at radius 2 is 2.12 bits per heavy atom. The van der Waals surface area contributed by atoms with Crippen molar-refractivity contribution < 1.29 is 14.7 Å². The summed E-state index contributed by atoms with van der Waals surface area (Å²) in [6, 6.07) is 0. The van der Waals surface area contributed by atoms with Gasteiger partial charge in [0.1, 0.15) is 4.88 Å². The van der Waals surface area contributed by atoms with Gasteiger partial charge in [-0.1, -0.05) is 6.92 Å². The van der Waals surface area contributed by atoms with Crippen LogP contribution < -0.4 is 0 Å². The third-order valence-electron chi connectivity index (χ3n) is 2.35. The fourth-order valence-corrected chi connectivity index (χ4v) is 2.34. The monoisotopic (exact) mass is 256 g/mol. The third-order valence-corrected chi connectivity index (χ3v) is 3.64. The van der Waals surface area contributed by atoms with Crippen molar-refractivity contribution in [3.05, 3.63) is 15.6 Å². The predicted molar refractivity (Wildman–Crippen MR) is 65.4 cm³/mol. The maximum Gasteiger partial charge on any atom is 0.305 e. The van der Waals surface area contributed by atoms with Crippen LogP contribution in [0.2, 0.25) is 0 Å². The lowest BCUT2D eigenvalue weighted by Gasteiger charge is -2.14. The summed E-state index contributed by atoms with van der Waals surface area (Å²) >= 11 is 1.38. The molecule has 0 saturated carbocycles. The summed E-state index contributed by atoms with van der Waals surface area (Å²) in [6.07, 6.45) is 0.762. The number of aromatic nitrogens is 1. The Morgan fingerprint density at radius 3 is 2.59 bits per heavy atom. The van der Waals surface area contributed by atoms with Crippen LogP contribution in [0, 0.1) is 6.92 Å². The van der Waals surface area contributed by atoms with Crippen molar-refractivity contribution in [2.45, 2.75) is 26.7 Å². The van der Waals surface area contributed by atoms with Gasteiger partial charge in [0.2, 0.25) is 0 Å². The first-order valence-corrected chi connectivity index (χ1v) is 6.21. The second kappa shape index (κ2) is 5.77. The number of rotatable bonds is 5. The van der Waals surface area contributed by atoms with Crippen LogP contribution in [0.25, 0.3) is 0 Å². The summed E-state index contributed by atoms with van der Waals surface area (Å²) < 4.78 is 0. The molecule has 17 heavy (non-hydrogen) atoms. The molecule has 0 bridgehead atoms. The van der Waals surface area contributed by atoms with Crippen LogP contribution >= 0.6 is 11.3 Å².